The summed E-state index contributed by atoms with van der Waals surface area (Å²) in [7, 11) is 3.38. The first kappa shape index (κ1) is 18.1. The molecule has 1 aromatic carbocycles. The molecule has 1 heterocycles. The molecule has 0 bridgehead atoms. The average Bonchev–Trinajstić information content (AvgIpc) is 2.59. The Morgan fingerprint density at radius 1 is 1.25 bits per heavy atom. The van der Waals surface area contributed by atoms with E-state index in [1.807, 2.05) is 43.3 Å². The SMILES string of the molecule is CN=C(NCCc1ccc(OC)cc1Cl)NCc1cccc(C)n1. The maximum absolute atomic E-state index is 6.25. The van der Waals surface area contributed by atoms with Crippen molar-refractivity contribution < 1.29 is 4.74 Å². The molecular formula is C18H23ClN4O. The van der Waals surface area contributed by atoms with Gasteiger partial charge in [0.1, 0.15) is 5.75 Å². The van der Waals surface area contributed by atoms with Gasteiger partial charge in [-0.25, -0.2) is 0 Å². The number of hydrogen-bond donors (Lipinski definition) is 2. The second-order valence-corrected chi connectivity index (χ2v) is 5.74. The van der Waals surface area contributed by atoms with E-state index >= 15 is 0 Å². The van der Waals surface area contributed by atoms with Crippen LogP contribution in [0.25, 0.3) is 0 Å². The highest BCUT2D eigenvalue weighted by Gasteiger charge is 2.04. The van der Waals surface area contributed by atoms with Gasteiger partial charge in [0.25, 0.3) is 0 Å². The van der Waals surface area contributed by atoms with Crippen LogP contribution in [-0.4, -0.2) is 31.6 Å². The number of ether oxygens (including phenoxy) is 1. The molecule has 0 aliphatic rings. The molecular weight excluding hydrogens is 324 g/mol. The lowest BCUT2D eigenvalue weighted by Gasteiger charge is -2.12. The van der Waals surface area contributed by atoms with Crippen LogP contribution in [0.1, 0.15) is 17.0 Å². The van der Waals surface area contributed by atoms with Gasteiger partial charge in [-0.1, -0.05) is 23.7 Å². The zero-order valence-corrected chi connectivity index (χ0v) is 15.0. The average molecular weight is 347 g/mol. The van der Waals surface area contributed by atoms with E-state index in [9.17, 15) is 0 Å². The monoisotopic (exact) mass is 346 g/mol. The maximum Gasteiger partial charge on any atom is 0.191 e. The van der Waals surface area contributed by atoms with Gasteiger partial charge in [0, 0.05) is 24.3 Å². The molecule has 0 amide bonds. The minimum Gasteiger partial charge on any atom is -0.497 e. The van der Waals surface area contributed by atoms with Gasteiger partial charge in [0.2, 0.25) is 0 Å². The molecule has 5 nitrogen and oxygen atoms in total. The van der Waals surface area contributed by atoms with Gasteiger partial charge < -0.3 is 15.4 Å². The Morgan fingerprint density at radius 3 is 2.75 bits per heavy atom. The van der Waals surface area contributed by atoms with Crippen LogP contribution in [0, 0.1) is 6.92 Å². The lowest BCUT2D eigenvalue weighted by Crippen LogP contribution is -2.38. The van der Waals surface area contributed by atoms with Crippen molar-refractivity contribution in [2.24, 2.45) is 4.99 Å². The third-order valence-electron chi connectivity index (χ3n) is 3.55. The predicted molar refractivity (Wildman–Crippen MR) is 98.9 cm³/mol. The Hall–Kier alpha value is -2.27. The highest BCUT2D eigenvalue weighted by molar-refractivity contribution is 6.31. The number of benzene rings is 1. The van der Waals surface area contributed by atoms with Crippen molar-refractivity contribution in [3.8, 4) is 5.75 Å². The molecule has 0 fully saturated rings. The van der Waals surface area contributed by atoms with Crippen LogP contribution in [0.2, 0.25) is 5.02 Å². The summed E-state index contributed by atoms with van der Waals surface area (Å²) in [4.78, 5) is 8.68. The molecule has 2 aromatic rings. The standard InChI is InChI=1S/C18H23ClN4O/c1-13-5-4-6-15(23-13)12-22-18(20-2)21-10-9-14-7-8-16(24-3)11-17(14)19/h4-8,11H,9-10,12H2,1-3H3,(H2,20,21,22). The normalized spacial score (nSPS) is 11.2. The molecule has 0 aliphatic heterocycles. The van der Waals surface area contributed by atoms with Crippen molar-refractivity contribution >= 4 is 17.6 Å². The van der Waals surface area contributed by atoms with Gasteiger partial charge in [0.05, 0.1) is 19.3 Å². The number of aryl methyl sites for hydroxylation is 1. The van der Waals surface area contributed by atoms with Crippen LogP contribution in [0.3, 0.4) is 0 Å². The molecule has 0 saturated carbocycles. The summed E-state index contributed by atoms with van der Waals surface area (Å²) in [5.74, 6) is 1.50. The molecule has 2 N–H and O–H groups in total. The fourth-order valence-electron chi connectivity index (χ4n) is 2.27. The summed E-state index contributed by atoms with van der Waals surface area (Å²) < 4.78 is 5.16. The number of nitrogens with one attached hydrogen (secondary N) is 2. The fraction of sp³-hybridized carbons (Fsp3) is 0.333. The number of rotatable bonds is 6. The van der Waals surface area contributed by atoms with Gasteiger partial charge >= 0.3 is 0 Å². The number of aromatic nitrogens is 1. The van der Waals surface area contributed by atoms with Gasteiger partial charge in [0.15, 0.2) is 5.96 Å². The quantitative estimate of drug-likeness (QED) is 0.623. The van der Waals surface area contributed by atoms with Crippen LogP contribution in [0.4, 0.5) is 0 Å². The maximum atomic E-state index is 6.25. The fourth-order valence-corrected chi connectivity index (χ4v) is 2.53. The number of guanidine groups is 1. The molecule has 6 heteroatoms. The van der Waals surface area contributed by atoms with Crippen molar-refractivity contribution in [2.45, 2.75) is 19.9 Å². The number of nitrogens with zero attached hydrogens (tertiary/aromatic N) is 2. The van der Waals surface area contributed by atoms with E-state index in [1.165, 1.54) is 0 Å². The Labute approximate surface area is 148 Å². The van der Waals surface area contributed by atoms with Crippen molar-refractivity contribution in [1.29, 1.82) is 0 Å². The zero-order chi connectivity index (χ0) is 17.4. The van der Waals surface area contributed by atoms with Crippen molar-refractivity contribution in [2.75, 3.05) is 20.7 Å². The summed E-state index contributed by atoms with van der Waals surface area (Å²) in [6, 6.07) is 11.7. The first-order valence-corrected chi connectivity index (χ1v) is 8.19. The first-order chi connectivity index (χ1) is 11.6. The molecule has 0 atom stereocenters. The minimum absolute atomic E-state index is 0.630. The number of aliphatic imine (C=N–C) groups is 1. The van der Waals surface area contributed by atoms with E-state index < -0.39 is 0 Å². The van der Waals surface area contributed by atoms with Gasteiger partial charge in [-0.2, -0.15) is 0 Å². The van der Waals surface area contributed by atoms with E-state index in [2.05, 4.69) is 20.6 Å². The van der Waals surface area contributed by atoms with Gasteiger partial charge in [-0.15, -0.1) is 0 Å². The molecule has 0 unspecified atom stereocenters. The van der Waals surface area contributed by atoms with E-state index in [1.54, 1.807) is 14.2 Å². The lowest BCUT2D eigenvalue weighted by molar-refractivity contribution is 0.414. The molecule has 0 spiro atoms. The molecule has 1 aromatic heterocycles. The summed E-state index contributed by atoms with van der Waals surface area (Å²) in [5, 5.41) is 7.25. The molecule has 0 aliphatic carbocycles. The highest BCUT2D eigenvalue weighted by atomic mass is 35.5. The minimum atomic E-state index is 0.630. The number of halogens is 1. The van der Waals surface area contributed by atoms with E-state index in [0.29, 0.717) is 11.6 Å². The third kappa shape index (κ3) is 5.42. The van der Waals surface area contributed by atoms with Crippen LogP contribution in [-0.2, 0) is 13.0 Å². The van der Waals surface area contributed by atoms with Crippen LogP contribution in [0.15, 0.2) is 41.4 Å². The van der Waals surface area contributed by atoms with Crippen molar-refractivity contribution in [1.82, 2.24) is 15.6 Å². The van der Waals surface area contributed by atoms with Crippen LogP contribution >= 0.6 is 11.6 Å². The lowest BCUT2D eigenvalue weighted by atomic mass is 10.1. The summed E-state index contributed by atoms with van der Waals surface area (Å²) >= 11 is 6.25. The Kier molecular flexibility index (Phi) is 6.88. The van der Waals surface area contributed by atoms with Crippen LogP contribution < -0.4 is 15.4 Å². The molecule has 24 heavy (non-hydrogen) atoms. The smallest absolute Gasteiger partial charge is 0.191 e. The highest BCUT2D eigenvalue weighted by Crippen LogP contribution is 2.22. The summed E-state index contributed by atoms with van der Waals surface area (Å²) in [6.45, 7) is 3.34. The largest absolute Gasteiger partial charge is 0.497 e. The molecule has 0 radical (unpaired) electrons. The molecule has 128 valence electrons. The third-order valence-corrected chi connectivity index (χ3v) is 3.91. The second-order valence-electron chi connectivity index (χ2n) is 5.33. The van der Waals surface area contributed by atoms with Crippen molar-refractivity contribution in [3.63, 3.8) is 0 Å². The van der Waals surface area contributed by atoms with E-state index in [4.69, 9.17) is 16.3 Å². The van der Waals surface area contributed by atoms with E-state index in [0.717, 1.165) is 41.6 Å². The Balaban J connectivity index is 1.81. The molecule has 2 rings (SSSR count). The Morgan fingerprint density at radius 2 is 2.08 bits per heavy atom. The van der Waals surface area contributed by atoms with E-state index in [-0.39, 0.29) is 0 Å². The number of methoxy groups -OCH3 is 1. The number of hydrogen-bond acceptors (Lipinski definition) is 3. The summed E-state index contributed by atoms with van der Waals surface area (Å²) in [6.07, 6.45) is 0.798. The number of pyridine rings is 1. The first-order valence-electron chi connectivity index (χ1n) is 7.82. The molecule has 0 saturated heterocycles. The van der Waals surface area contributed by atoms with Crippen molar-refractivity contribution in [3.05, 3.63) is 58.4 Å². The summed E-state index contributed by atoms with van der Waals surface area (Å²) in [5.41, 5.74) is 3.06. The predicted octanol–water partition coefficient (Wildman–Crippen LogP) is 2.96. The van der Waals surface area contributed by atoms with Gasteiger partial charge in [-0.05, 0) is 43.2 Å². The Bertz CT molecular complexity index is 703. The van der Waals surface area contributed by atoms with Gasteiger partial charge in [-0.3, -0.25) is 9.98 Å². The van der Waals surface area contributed by atoms with Crippen LogP contribution in [0.5, 0.6) is 5.75 Å². The zero-order valence-electron chi connectivity index (χ0n) is 14.3. The topological polar surface area (TPSA) is 58.5 Å². The second kappa shape index (κ2) is 9.13.